The molecule has 35 heavy (non-hydrogen) atoms. The molecule has 13 heteroatoms. The van der Waals surface area contributed by atoms with Gasteiger partial charge in [-0.1, -0.05) is 30.3 Å². The van der Waals surface area contributed by atoms with Crippen LogP contribution in [0.4, 0.5) is 11.4 Å². The van der Waals surface area contributed by atoms with Crippen molar-refractivity contribution in [3.05, 3.63) is 87.1 Å². The van der Waals surface area contributed by atoms with E-state index in [1.807, 2.05) is 0 Å². The molecule has 2 aliphatic rings. The van der Waals surface area contributed by atoms with Gasteiger partial charge >= 0.3 is 0 Å². The quantitative estimate of drug-likeness (QED) is 0.245. The molecule has 2 aliphatic carbocycles. The first-order valence-corrected chi connectivity index (χ1v) is 12.9. The summed E-state index contributed by atoms with van der Waals surface area (Å²) < 4.78 is 67.7. The first-order valence-electron chi connectivity index (χ1n) is 10.00. The summed E-state index contributed by atoms with van der Waals surface area (Å²) in [5.41, 5.74) is 4.63. The number of nitrogens with two attached hydrogens (primary N) is 1. The van der Waals surface area contributed by atoms with Crippen LogP contribution in [0.15, 0.2) is 69.8 Å². The van der Waals surface area contributed by atoms with Crippen molar-refractivity contribution in [2.75, 3.05) is 18.1 Å². The predicted molar refractivity (Wildman–Crippen MR) is 127 cm³/mol. The Morgan fingerprint density at radius 2 is 1.57 bits per heavy atom. The molecule has 0 unspecified atom stereocenters. The number of rotatable bonds is 5. The van der Waals surface area contributed by atoms with Crippen molar-refractivity contribution in [1.29, 1.82) is 0 Å². The smallest absolute Gasteiger partial charge is 0.296 e. The topological polar surface area (TPSA) is 193 Å². The van der Waals surface area contributed by atoms with Crippen molar-refractivity contribution < 1.29 is 35.5 Å². The Morgan fingerprint density at radius 1 is 0.971 bits per heavy atom. The minimum Gasteiger partial charge on any atom is -0.397 e. The van der Waals surface area contributed by atoms with Crippen molar-refractivity contribution in [1.82, 2.24) is 5.32 Å². The van der Waals surface area contributed by atoms with Crippen LogP contribution in [0, 0.1) is 0 Å². The summed E-state index contributed by atoms with van der Waals surface area (Å²) in [7, 11) is -8.12. The van der Waals surface area contributed by atoms with Crippen LogP contribution < -0.4 is 16.4 Å². The molecule has 0 aromatic heterocycles. The molecule has 0 heterocycles. The van der Waals surface area contributed by atoms with Gasteiger partial charge in [-0.05, 0) is 30.3 Å². The summed E-state index contributed by atoms with van der Waals surface area (Å²) in [4.78, 5) is 25.2. The standard InChI is InChI=1S/C22H19N3O8S2/c1-24-10-11-6-7-14(16(8-11)34(28,29)30)25-15-9-17(35(31,32)33)20(23)19-18(15)21(26)12-4-2-3-5-13(12)22(19)27/h2-5,7-10,24-25H,6,23H2,1H3,(H,28,29,30)(H,31,32,33). The molecule has 6 N–H and O–H groups in total. The molecular formula is C22H19N3O8S2. The fourth-order valence-electron chi connectivity index (χ4n) is 3.99. The maximum Gasteiger partial charge on any atom is 0.296 e. The second-order valence-electron chi connectivity index (χ2n) is 7.70. The normalized spacial score (nSPS) is 16.8. The van der Waals surface area contributed by atoms with Gasteiger partial charge in [0.05, 0.1) is 28.2 Å². The van der Waals surface area contributed by atoms with Crippen LogP contribution in [0.2, 0.25) is 0 Å². The zero-order valence-electron chi connectivity index (χ0n) is 18.1. The van der Waals surface area contributed by atoms with Crippen LogP contribution in [0.3, 0.4) is 0 Å². The Labute approximate surface area is 200 Å². The number of hydrogen-bond donors (Lipinski definition) is 5. The number of benzene rings is 2. The zero-order valence-corrected chi connectivity index (χ0v) is 19.7. The van der Waals surface area contributed by atoms with Crippen molar-refractivity contribution in [3.63, 3.8) is 0 Å². The van der Waals surface area contributed by atoms with E-state index in [2.05, 4.69) is 10.6 Å². The second-order valence-corrected chi connectivity index (χ2v) is 10.5. The average molecular weight is 518 g/mol. The lowest BCUT2D eigenvalue weighted by Gasteiger charge is -2.25. The van der Waals surface area contributed by atoms with Gasteiger partial charge < -0.3 is 16.4 Å². The summed E-state index contributed by atoms with van der Waals surface area (Å²) in [6.45, 7) is 0. The molecule has 0 bridgehead atoms. The SMILES string of the molecule is CNC=C1C=C(S(=O)(=O)O)C(Nc2cc(S(=O)(=O)O)c(N)c3c2C(=O)c2ccccc2C3=O)=CC1. The Hall–Kier alpha value is -3.78. The number of carbonyl (C=O) groups is 2. The fraction of sp³-hybridized carbons (Fsp3) is 0.0909. The number of nitrogen functional groups attached to an aromatic ring is 1. The van der Waals surface area contributed by atoms with Gasteiger partial charge in [0.15, 0.2) is 11.6 Å². The molecule has 0 spiro atoms. The molecule has 11 nitrogen and oxygen atoms in total. The van der Waals surface area contributed by atoms with Crippen LogP contribution in [-0.2, 0) is 20.2 Å². The zero-order chi connectivity index (χ0) is 25.7. The van der Waals surface area contributed by atoms with E-state index in [1.165, 1.54) is 42.6 Å². The summed E-state index contributed by atoms with van der Waals surface area (Å²) in [6.07, 6.45) is 4.30. The molecule has 0 saturated carbocycles. The maximum absolute atomic E-state index is 13.4. The van der Waals surface area contributed by atoms with Gasteiger partial charge in [0, 0.05) is 18.2 Å². The predicted octanol–water partition coefficient (Wildman–Crippen LogP) is 1.87. The van der Waals surface area contributed by atoms with Gasteiger partial charge in [0.2, 0.25) is 0 Å². The van der Waals surface area contributed by atoms with Crippen LogP contribution in [0.5, 0.6) is 0 Å². The van der Waals surface area contributed by atoms with E-state index in [0.717, 1.165) is 6.07 Å². The summed E-state index contributed by atoms with van der Waals surface area (Å²) in [5, 5.41) is 5.39. The highest BCUT2D eigenvalue weighted by Crippen LogP contribution is 2.40. The van der Waals surface area contributed by atoms with Crippen molar-refractivity contribution in [3.8, 4) is 0 Å². The number of allylic oxidation sites excluding steroid dienone is 3. The molecule has 2 aromatic rings. The van der Waals surface area contributed by atoms with Crippen LogP contribution in [0.25, 0.3) is 0 Å². The van der Waals surface area contributed by atoms with E-state index < -0.39 is 52.9 Å². The van der Waals surface area contributed by atoms with E-state index >= 15 is 0 Å². The molecule has 0 atom stereocenters. The van der Waals surface area contributed by atoms with Crippen molar-refractivity contribution in [2.24, 2.45) is 0 Å². The van der Waals surface area contributed by atoms with Crippen LogP contribution in [0.1, 0.15) is 38.3 Å². The number of ketones is 2. The second kappa shape index (κ2) is 8.46. The van der Waals surface area contributed by atoms with E-state index in [1.54, 1.807) is 7.05 Å². The summed E-state index contributed by atoms with van der Waals surface area (Å²) in [5.74, 6) is -1.42. The van der Waals surface area contributed by atoms with E-state index in [4.69, 9.17) is 5.73 Å². The molecule has 2 aromatic carbocycles. The van der Waals surface area contributed by atoms with Gasteiger partial charge in [0.1, 0.15) is 9.80 Å². The molecular weight excluding hydrogens is 498 g/mol. The number of carbonyl (C=O) groups excluding carboxylic acids is 2. The third kappa shape index (κ3) is 4.25. The Balaban J connectivity index is 1.97. The molecule has 0 radical (unpaired) electrons. The van der Waals surface area contributed by atoms with Crippen molar-refractivity contribution >= 4 is 43.2 Å². The highest BCUT2D eigenvalue weighted by atomic mass is 32.2. The lowest BCUT2D eigenvalue weighted by molar-refractivity contribution is 0.0980. The monoisotopic (exact) mass is 517 g/mol. The van der Waals surface area contributed by atoms with Crippen LogP contribution >= 0.6 is 0 Å². The van der Waals surface area contributed by atoms with Gasteiger partial charge in [-0.25, -0.2) is 0 Å². The number of nitrogens with one attached hydrogen (secondary N) is 2. The van der Waals surface area contributed by atoms with Gasteiger partial charge in [-0.15, -0.1) is 0 Å². The van der Waals surface area contributed by atoms with Gasteiger partial charge in [-0.2, -0.15) is 16.8 Å². The summed E-state index contributed by atoms with van der Waals surface area (Å²) in [6, 6.07) is 6.68. The number of anilines is 2. The van der Waals surface area contributed by atoms with E-state index in [9.17, 15) is 35.5 Å². The third-order valence-corrected chi connectivity index (χ3v) is 7.27. The lowest BCUT2D eigenvalue weighted by atomic mass is 9.82. The van der Waals surface area contributed by atoms with Crippen LogP contribution in [-0.4, -0.2) is 44.6 Å². The number of hydrogen-bond acceptors (Lipinski definition) is 9. The molecule has 0 aliphatic heterocycles. The Kier molecular flexibility index (Phi) is 5.89. The average Bonchev–Trinajstić information content (AvgIpc) is 2.78. The maximum atomic E-state index is 13.4. The minimum absolute atomic E-state index is 0.00705. The molecule has 0 amide bonds. The third-order valence-electron chi connectivity index (χ3n) is 5.48. The highest BCUT2D eigenvalue weighted by Gasteiger charge is 2.37. The first kappa shape index (κ1) is 24.3. The molecule has 0 saturated heterocycles. The summed E-state index contributed by atoms with van der Waals surface area (Å²) >= 11 is 0. The lowest BCUT2D eigenvalue weighted by Crippen LogP contribution is -2.26. The van der Waals surface area contributed by atoms with Gasteiger partial charge in [0.25, 0.3) is 20.2 Å². The molecule has 4 rings (SSSR count). The van der Waals surface area contributed by atoms with E-state index in [0.29, 0.717) is 5.57 Å². The Morgan fingerprint density at radius 3 is 2.11 bits per heavy atom. The highest BCUT2D eigenvalue weighted by molar-refractivity contribution is 7.90. The largest absolute Gasteiger partial charge is 0.397 e. The minimum atomic E-state index is -4.95. The van der Waals surface area contributed by atoms with E-state index in [-0.39, 0.29) is 34.5 Å². The number of fused-ring (bicyclic) bond motifs is 2. The molecule has 0 fully saturated rings. The van der Waals surface area contributed by atoms with Gasteiger partial charge in [-0.3, -0.25) is 18.7 Å². The fourth-order valence-corrected chi connectivity index (χ4v) is 5.35. The van der Waals surface area contributed by atoms with Crippen molar-refractivity contribution in [2.45, 2.75) is 11.3 Å². The Bertz CT molecular complexity index is 1620. The first-order chi connectivity index (χ1) is 16.3. The molecule has 182 valence electrons.